The highest BCUT2D eigenvalue weighted by molar-refractivity contribution is 5.98. The molecule has 13 heteroatoms. The van der Waals surface area contributed by atoms with Crippen molar-refractivity contribution >= 4 is 17.5 Å². The van der Waals surface area contributed by atoms with Gasteiger partial charge in [0.2, 0.25) is 5.91 Å². The number of rotatable bonds is 9. The lowest BCUT2D eigenvalue weighted by atomic mass is 9.97. The Balaban J connectivity index is 1.20. The van der Waals surface area contributed by atoms with Crippen LogP contribution in [0.1, 0.15) is 59.5 Å². The first kappa shape index (κ1) is 34.7. The van der Waals surface area contributed by atoms with Crippen LogP contribution in [0.2, 0.25) is 0 Å². The van der Waals surface area contributed by atoms with Crippen LogP contribution in [0.5, 0.6) is 11.5 Å². The summed E-state index contributed by atoms with van der Waals surface area (Å²) in [6.07, 6.45) is -4.58. The van der Waals surface area contributed by atoms with Gasteiger partial charge in [-0.3, -0.25) is 14.5 Å². The molecule has 0 radical (unpaired) electrons. The van der Waals surface area contributed by atoms with Crippen LogP contribution < -0.4 is 14.8 Å². The summed E-state index contributed by atoms with van der Waals surface area (Å²) in [5.41, 5.74) is 5.05. The largest absolute Gasteiger partial charge is 0.493 e. The number of nitrogens with zero attached hydrogens (tertiary/aromatic N) is 2. The molecule has 49 heavy (non-hydrogen) atoms. The Morgan fingerprint density at radius 3 is 2.39 bits per heavy atom. The summed E-state index contributed by atoms with van der Waals surface area (Å²) in [5, 5.41) is 12.2. The zero-order chi connectivity index (χ0) is 34.7. The van der Waals surface area contributed by atoms with Crippen molar-refractivity contribution in [3.8, 4) is 11.5 Å². The molecule has 4 atom stereocenters. The van der Waals surface area contributed by atoms with Gasteiger partial charge in [-0.05, 0) is 65.8 Å². The maximum absolute atomic E-state index is 13.1. The van der Waals surface area contributed by atoms with Gasteiger partial charge in [-0.2, -0.15) is 13.2 Å². The van der Waals surface area contributed by atoms with E-state index in [0.717, 1.165) is 29.7 Å². The molecule has 0 bridgehead atoms. The summed E-state index contributed by atoms with van der Waals surface area (Å²) in [6.45, 7) is 1.94. The van der Waals surface area contributed by atoms with Crippen molar-refractivity contribution in [1.82, 2.24) is 9.80 Å². The SMILES string of the molecule is COc1cc2c(cc1OC)CN(CC1CC(c3ccc(CO)cc3)OC(c3cccc(NC(=O)C4CCCN4C(=O)C(F)(F)F)c3)O1)CC2. The minimum atomic E-state index is -5.05. The molecule has 10 nitrogen and oxygen atoms in total. The lowest BCUT2D eigenvalue weighted by molar-refractivity contribution is -0.253. The second kappa shape index (κ2) is 14.8. The first-order chi connectivity index (χ1) is 23.6. The number of likely N-dealkylation sites (tertiary alicyclic amines) is 1. The molecular formula is C36H40F3N3O7. The van der Waals surface area contributed by atoms with E-state index in [1.54, 1.807) is 38.5 Å². The zero-order valence-electron chi connectivity index (χ0n) is 27.4. The summed E-state index contributed by atoms with van der Waals surface area (Å²) in [7, 11) is 3.24. The number of ether oxygens (including phenoxy) is 4. The quantitative estimate of drug-likeness (QED) is 0.313. The molecule has 262 valence electrons. The Morgan fingerprint density at radius 2 is 1.69 bits per heavy atom. The van der Waals surface area contributed by atoms with Crippen molar-refractivity contribution in [1.29, 1.82) is 0 Å². The van der Waals surface area contributed by atoms with E-state index in [0.29, 0.717) is 53.6 Å². The average molecular weight is 684 g/mol. The second-order valence-corrected chi connectivity index (χ2v) is 12.6. The van der Waals surface area contributed by atoms with Crippen LogP contribution in [0, 0.1) is 0 Å². The number of aliphatic hydroxyl groups excluding tert-OH is 1. The monoisotopic (exact) mass is 683 g/mol. The number of halogens is 3. The van der Waals surface area contributed by atoms with Crippen LogP contribution in [0.4, 0.5) is 18.9 Å². The molecule has 4 unspecified atom stereocenters. The summed E-state index contributed by atoms with van der Waals surface area (Å²) >= 11 is 0. The molecule has 3 aromatic rings. The highest BCUT2D eigenvalue weighted by Crippen LogP contribution is 2.40. The summed E-state index contributed by atoms with van der Waals surface area (Å²) in [4.78, 5) is 28.0. The first-order valence-electron chi connectivity index (χ1n) is 16.3. The average Bonchev–Trinajstić information content (AvgIpc) is 3.60. The van der Waals surface area contributed by atoms with E-state index in [-0.39, 0.29) is 31.8 Å². The molecular weight excluding hydrogens is 643 g/mol. The van der Waals surface area contributed by atoms with Crippen LogP contribution in [0.15, 0.2) is 60.7 Å². The number of aliphatic hydroxyl groups is 1. The topological polar surface area (TPSA) is 110 Å². The van der Waals surface area contributed by atoms with Crippen LogP contribution in [0.3, 0.4) is 0 Å². The number of fused-ring (bicyclic) bond motifs is 1. The highest BCUT2D eigenvalue weighted by Gasteiger charge is 2.47. The number of benzene rings is 3. The third kappa shape index (κ3) is 7.85. The van der Waals surface area contributed by atoms with Crippen molar-refractivity contribution in [2.45, 2.75) is 69.6 Å². The van der Waals surface area contributed by atoms with Crippen molar-refractivity contribution in [3.63, 3.8) is 0 Å². The number of anilines is 1. The minimum absolute atomic E-state index is 0.0746. The van der Waals surface area contributed by atoms with Crippen LogP contribution in [-0.4, -0.2) is 78.9 Å². The molecule has 0 aliphatic carbocycles. The fraction of sp³-hybridized carbons (Fsp3) is 0.444. The first-order valence-corrected chi connectivity index (χ1v) is 16.3. The Hall–Kier alpha value is -4.17. The molecule has 0 spiro atoms. The number of methoxy groups -OCH3 is 2. The zero-order valence-corrected chi connectivity index (χ0v) is 27.4. The third-order valence-corrected chi connectivity index (χ3v) is 9.36. The molecule has 3 aliphatic rings. The maximum Gasteiger partial charge on any atom is 0.471 e. The molecule has 3 aromatic carbocycles. The van der Waals surface area contributed by atoms with Gasteiger partial charge in [-0.25, -0.2) is 0 Å². The Bertz CT molecular complexity index is 1650. The molecule has 3 heterocycles. The highest BCUT2D eigenvalue weighted by atomic mass is 19.4. The minimum Gasteiger partial charge on any atom is -0.493 e. The predicted molar refractivity (Wildman–Crippen MR) is 173 cm³/mol. The van der Waals surface area contributed by atoms with E-state index in [1.165, 1.54) is 5.56 Å². The molecule has 2 saturated heterocycles. The number of nitrogens with one attached hydrogen (secondary N) is 1. The van der Waals surface area contributed by atoms with Crippen LogP contribution in [-0.2, 0) is 38.6 Å². The Kier molecular flexibility index (Phi) is 10.4. The third-order valence-electron chi connectivity index (χ3n) is 9.36. The number of hydrogen-bond acceptors (Lipinski definition) is 8. The van der Waals surface area contributed by atoms with Gasteiger partial charge in [-0.1, -0.05) is 36.4 Å². The van der Waals surface area contributed by atoms with Crippen LogP contribution >= 0.6 is 0 Å². The predicted octanol–water partition coefficient (Wildman–Crippen LogP) is 5.29. The van der Waals surface area contributed by atoms with Crippen LogP contribution in [0.25, 0.3) is 0 Å². The second-order valence-electron chi connectivity index (χ2n) is 12.6. The normalized spacial score (nSPS) is 22.8. The number of amides is 2. The maximum atomic E-state index is 13.1. The van der Waals surface area contributed by atoms with Crippen molar-refractivity contribution in [2.75, 3.05) is 39.2 Å². The fourth-order valence-corrected chi connectivity index (χ4v) is 6.85. The van der Waals surface area contributed by atoms with Gasteiger partial charge in [0.05, 0.1) is 33.0 Å². The van der Waals surface area contributed by atoms with Gasteiger partial charge in [0.25, 0.3) is 0 Å². The smallest absolute Gasteiger partial charge is 0.471 e. The number of alkyl halides is 3. The standard InChI is InChI=1S/C36H40F3N3O7/c1-46-31-16-24-12-14-41(19-26(24)17-32(31)47-2)20-28-18-30(23-10-8-22(21-43)9-11-23)49-34(48-28)25-5-3-6-27(15-25)40-33(44)29-7-4-13-42(29)35(45)36(37,38)39/h3,5-6,8-11,15-17,28-30,34,43H,4,7,12-14,18-21H2,1-2H3,(H,40,44). The van der Waals surface area contributed by atoms with Crippen molar-refractivity contribution in [2.24, 2.45) is 0 Å². The van der Waals surface area contributed by atoms with Gasteiger partial charge in [0.1, 0.15) is 6.04 Å². The molecule has 6 rings (SSSR count). The van der Waals surface area contributed by atoms with E-state index >= 15 is 0 Å². The van der Waals surface area contributed by atoms with E-state index < -0.39 is 30.3 Å². The van der Waals surface area contributed by atoms with Gasteiger partial charge in [-0.15, -0.1) is 0 Å². The van der Waals surface area contributed by atoms with Gasteiger partial charge < -0.3 is 34.3 Å². The van der Waals surface area contributed by atoms with E-state index in [4.69, 9.17) is 18.9 Å². The lowest BCUT2D eigenvalue weighted by Gasteiger charge is -2.39. The lowest BCUT2D eigenvalue weighted by Crippen LogP contribution is -2.48. The van der Waals surface area contributed by atoms with E-state index in [9.17, 15) is 27.9 Å². The van der Waals surface area contributed by atoms with Gasteiger partial charge in [0, 0.05) is 43.9 Å². The van der Waals surface area contributed by atoms with Crippen molar-refractivity contribution in [3.05, 3.63) is 88.5 Å². The van der Waals surface area contributed by atoms with E-state index in [1.807, 2.05) is 36.4 Å². The van der Waals surface area contributed by atoms with E-state index in [2.05, 4.69) is 10.2 Å². The van der Waals surface area contributed by atoms with Crippen molar-refractivity contribution < 1.29 is 46.8 Å². The Morgan fingerprint density at radius 1 is 0.959 bits per heavy atom. The van der Waals surface area contributed by atoms with Gasteiger partial charge >= 0.3 is 12.1 Å². The number of carbonyl (C=O) groups is 2. The van der Waals surface area contributed by atoms with Gasteiger partial charge in [0.15, 0.2) is 17.8 Å². The summed E-state index contributed by atoms with van der Waals surface area (Å²) in [6, 6.07) is 17.2. The number of carbonyl (C=O) groups excluding carboxylic acids is 2. The fourth-order valence-electron chi connectivity index (χ4n) is 6.85. The molecule has 2 N–H and O–H groups in total. The Labute approximate surface area is 282 Å². The number of hydrogen-bond donors (Lipinski definition) is 2. The molecule has 0 aromatic heterocycles. The molecule has 2 amide bonds. The molecule has 0 saturated carbocycles. The summed E-state index contributed by atoms with van der Waals surface area (Å²) in [5.74, 6) is -1.31. The molecule has 3 aliphatic heterocycles. The summed E-state index contributed by atoms with van der Waals surface area (Å²) < 4.78 is 63.5. The molecule has 2 fully saturated rings.